The van der Waals surface area contributed by atoms with Gasteiger partial charge in [0, 0.05) is 69.3 Å². The largest absolute Gasteiger partial charge is 0.369 e. The molecular weight excluding hydrogens is 414 g/mol. The van der Waals surface area contributed by atoms with Crippen LogP contribution in [0.4, 0.5) is 5.69 Å². The summed E-state index contributed by atoms with van der Waals surface area (Å²) in [7, 11) is 1.95. The van der Waals surface area contributed by atoms with Crippen LogP contribution in [0.1, 0.15) is 29.2 Å². The normalized spacial score (nSPS) is 16.7. The Hall–Kier alpha value is -3.41. The number of piperazine rings is 1. The number of hydrogen-bond acceptors (Lipinski definition) is 6. The third-order valence-electron chi connectivity index (χ3n) is 6.89. The summed E-state index contributed by atoms with van der Waals surface area (Å²) in [5.41, 5.74) is 7.62. The van der Waals surface area contributed by atoms with Crippen molar-refractivity contribution in [2.45, 2.75) is 26.3 Å². The molecule has 0 saturated carbocycles. The summed E-state index contributed by atoms with van der Waals surface area (Å²) < 4.78 is 0. The highest BCUT2D eigenvalue weighted by Crippen LogP contribution is 2.30. The molecule has 0 spiro atoms. The zero-order valence-corrected chi connectivity index (χ0v) is 19.2. The summed E-state index contributed by atoms with van der Waals surface area (Å²) in [5, 5.41) is 0. The molecule has 7 heteroatoms. The molecule has 0 radical (unpaired) electrons. The van der Waals surface area contributed by atoms with Gasteiger partial charge in [-0.1, -0.05) is 6.92 Å². The molecule has 2 aromatic heterocycles. The van der Waals surface area contributed by atoms with E-state index in [2.05, 4.69) is 43.9 Å². The van der Waals surface area contributed by atoms with E-state index in [4.69, 9.17) is 0 Å². The minimum Gasteiger partial charge on any atom is -0.369 e. The van der Waals surface area contributed by atoms with Gasteiger partial charge >= 0.3 is 0 Å². The van der Waals surface area contributed by atoms with Crippen LogP contribution < -0.4 is 10.5 Å². The fraction of sp³-hybridized carbons (Fsp3) is 0.385. The summed E-state index contributed by atoms with van der Waals surface area (Å²) in [6.45, 7) is 7.47. The molecular formula is C26H29N5O2. The van der Waals surface area contributed by atoms with E-state index in [0.717, 1.165) is 73.4 Å². The molecule has 0 bridgehead atoms. The lowest BCUT2D eigenvalue weighted by molar-refractivity contribution is 0.249. The van der Waals surface area contributed by atoms with Crippen LogP contribution in [0.3, 0.4) is 0 Å². The molecule has 7 nitrogen and oxygen atoms in total. The fourth-order valence-corrected chi connectivity index (χ4v) is 4.89. The van der Waals surface area contributed by atoms with E-state index < -0.39 is 0 Å². The van der Waals surface area contributed by atoms with Gasteiger partial charge in [0.1, 0.15) is 5.70 Å². The van der Waals surface area contributed by atoms with Crippen molar-refractivity contribution < 1.29 is 4.79 Å². The predicted octanol–water partition coefficient (Wildman–Crippen LogP) is 2.47. The van der Waals surface area contributed by atoms with E-state index in [1.54, 1.807) is 0 Å². The standard InChI is InChI=1S/C26H29N5O2/c1-3-19-14-23-24(28-26(19)33)12-18(15-27-23)16-30-8-10-31(11-9-30)21-4-5-22-20(13-21)6-7-29(2)25(22)17-32/h4-5,12-15H,3,6-11,16H2,1-2H3,(H,28,33). The average Bonchev–Trinajstić information content (AvgIpc) is 2.84. The maximum atomic E-state index is 12.2. The molecule has 5 rings (SSSR count). The first-order valence-electron chi connectivity index (χ1n) is 11.6. The van der Waals surface area contributed by atoms with E-state index in [0.29, 0.717) is 12.1 Å². The molecule has 1 saturated heterocycles. The third-order valence-corrected chi connectivity index (χ3v) is 6.89. The SMILES string of the molecule is CCc1cc2ncc(CN3CCN(c4ccc5c(c4)CCN(C)C5=C=O)CC3)cc2[nH]c1=O. The number of aromatic amines is 1. The Kier molecular flexibility index (Phi) is 5.75. The molecule has 1 N–H and O–H groups in total. The second kappa shape index (κ2) is 8.85. The molecule has 3 aromatic rings. The Morgan fingerprint density at radius 1 is 1.09 bits per heavy atom. The fourth-order valence-electron chi connectivity index (χ4n) is 4.89. The highest BCUT2D eigenvalue weighted by Gasteiger charge is 2.22. The van der Waals surface area contributed by atoms with Crippen LogP contribution >= 0.6 is 0 Å². The number of aryl methyl sites for hydroxylation is 1. The smallest absolute Gasteiger partial charge is 0.251 e. The van der Waals surface area contributed by atoms with Crippen LogP contribution in [0.2, 0.25) is 0 Å². The summed E-state index contributed by atoms with van der Waals surface area (Å²) in [4.78, 5) is 37.9. The molecule has 2 aliphatic heterocycles. The number of rotatable bonds is 4. The van der Waals surface area contributed by atoms with Crippen LogP contribution in [0.25, 0.3) is 16.7 Å². The van der Waals surface area contributed by atoms with E-state index in [1.807, 2.05) is 37.2 Å². The number of carbonyl (C=O) groups excluding carboxylic acids is 1. The monoisotopic (exact) mass is 443 g/mol. The van der Waals surface area contributed by atoms with Crippen molar-refractivity contribution in [2.75, 3.05) is 44.7 Å². The van der Waals surface area contributed by atoms with Gasteiger partial charge in [-0.3, -0.25) is 14.7 Å². The molecule has 33 heavy (non-hydrogen) atoms. The molecule has 170 valence electrons. The van der Waals surface area contributed by atoms with Gasteiger partial charge in [-0.05, 0) is 54.3 Å². The third kappa shape index (κ3) is 4.17. The molecule has 0 amide bonds. The lowest BCUT2D eigenvalue weighted by Gasteiger charge is -2.37. The number of fused-ring (bicyclic) bond motifs is 2. The van der Waals surface area contributed by atoms with Gasteiger partial charge in [-0.2, -0.15) is 0 Å². The molecule has 0 unspecified atom stereocenters. The highest BCUT2D eigenvalue weighted by molar-refractivity contribution is 5.88. The Bertz CT molecular complexity index is 1300. The number of nitrogens with one attached hydrogen (secondary N) is 1. The number of pyridine rings is 2. The van der Waals surface area contributed by atoms with Gasteiger partial charge in [0.25, 0.3) is 5.56 Å². The first-order chi connectivity index (χ1) is 16.1. The average molecular weight is 444 g/mol. The van der Waals surface area contributed by atoms with E-state index in [1.165, 1.54) is 11.3 Å². The number of likely N-dealkylation sites (N-methyl/N-ethyl adjacent to an activating group) is 1. The summed E-state index contributed by atoms with van der Waals surface area (Å²) in [6.07, 6.45) is 3.57. The second-order valence-corrected chi connectivity index (χ2v) is 8.98. The van der Waals surface area contributed by atoms with Gasteiger partial charge in [0.2, 0.25) is 0 Å². The second-order valence-electron chi connectivity index (χ2n) is 8.98. The van der Waals surface area contributed by atoms with Gasteiger partial charge in [0.15, 0.2) is 5.94 Å². The van der Waals surface area contributed by atoms with Crippen LogP contribution in [0.15, 0.2) is 41.3 Å². The highest BCUT2D eigenvalue weighted by atomic mass is 16.1. The van der Waals surface area contributed by atoms with Crippen molar-refractivity contribution in [1.82, 2.24) is 19.8 Å². The van der Waals surface area contributed by atoms with Gasteiger partial charge in [-0.15, -0.1) is 0 Å². The van der Waals surface area contributed by atoms with Crippen molar-refractivity contribution >= 4 is 28.4 Å². The predicted molar refractivity (Wildman–Crippen MR) is 131 cm³/mol. The lowest BCUT2D eigenvalue weighted by atomic mass is 9.96. The summed E-state index contributed by atoms with van der Waals surface area (Å²) in [5.74, 6) is 2.11. The van der Waals surface area contributed by atoms with E-state index in [9.17, 15) is 9.59 Å². The molecule has 0 aliphatic carbocycles. The van der Waals surface area contributed by atoms with Crippen molar-refractivity contribution in [3.05, 3.63) is 69.1 Å². The number of anilines is 1. The first kappa shape index (κ1) is 21.4. The van der Waals surface area contributed by atoms with E-state index >= 15 is 0 Å². The number of aromatic nitrogens is 2. The van der Waals surface area contributed by atoms with Crippen LogP contribution in [0, 0.1) is 0 Å². The Balaban J connectivity index is 1.25. The summed E-state index contributed by atoms with van der Waals surface area (Å²) >= 11 is 0. The Morgan fingerprint density at radius 3 is 2.67 bits per heavy atom. The molecule has 4 heterocycles. The zero-order chi connectivity index (χ0) is 22.9. The Labute approximate surface area is 193 Å². The van der Waals surface area contributed by atoms with Crippen LogP contribution in [-0.2, 0) is 24.2 Å². The number of nitrogens with zero attached hydrogens (tertiary/aromatic N) is 4. The minimum atomic E-state index is -0.0231. The maximum absolute atomic E-state index is 12.2. The van der Waals surface area contributed by atoms with Crippen LogP contribution in [0.5, 0.6) is 0 Å². The zero-order valence-electron chi connectivity index (χ0n) is 19.2. The van der Waals surface area contributed by atoms with Gasteiger partial charge in [0.05, 0.1) is 11.0 Å². The Morgan fingerprint density at radius 2 is 1.91 bits per heavy atom. The van der Waals surface area contributed by atoms with Crippen molar-refractivity contribution in [3.63, 3.8) is 0 Å². The van der Waals surface area contributed by atoms with Crippen LogP contribution in [-0.4, -0.2) is 65.5 Å². The topological polar surface area (TPSA) is 72.5 Å². The maximum Gasteiger partial charge on any atom is 0.251 e. The quantitative estimate of drug-likeness (QED) is 0.625. The molecule has 2 aliphatic rings. The van der Waals surface area contributed by atoms with Gasteiger partial charge in [-0.25, -0.2) is 4.79 Å². The minimum absolute atomic E-state index is 0.0231. The molecule has 1 aromatic carbocycles. The number of hydrogen-bond donors (Lipinski definition) is 1. The lowest BCUT2D eigenvalue weighted by Crippen LogP contribution is -2.46. The molecule has 1 fully saturated rings. The van der Waals surface area contributed by atoms with Crippen molar-refractivity contribution in [1.29, 1.82) is 0 Å². The van der Waals surface area contributed by atoms with Crippen molar-refractivity contribution in [3.8, 4) is 0 Å². The summed E-state index contributed by atoms with van der Waals surface area (Å²) in [6, 6.07) is 10.4. The van der Waals surface area contributed by atoms with Crippen molar-refractivity contribution in [2.24, 2.45) is 0 Å². The first-order valence-corrected chi connectivity index (χ1v) is 11.6. The number of benzene rings is 1. The number of H-pyrrole nitrogens is 1. The van der Waals surface area contributed by atoms with E-state index in [-0.39, 0.29) is 5.56 Å². The molecule has 0 atom stereocenters. The van der Waals surface area contributed by atoms with Gasteiger partial charge < -0.3 is 14.8 Å².